The minimum atomic E-state index is -0.217. The fourth-order valence-corrected chi connectivity index (χ4v) is 2.92. The first-order valence-electron chi connectivity index (χ1n) is 9.90. The van der Waals surface area contributed by atoms with Gasteiger partial charge < -0.3 is 20.1 Å². The van der Waals surface area contributed by atoms with Gasteiger partial charge in [-0.3, -0.25) is 9.59 Å². The van der Waals surface area contributed by atoms with Crippen molar-refractivity contribution in [2.24, 2.45) is 0 Å². The number of anilines is 2. The minimum absolute atomic E-state index is 0.116. The second-order valence-electron chi connectivity index (χ2n) is 7.38. The molecular weight excluding hydrogens is 378 g/mol. The van der Waals surface area contributed by atoms with E-state index in [0.717, 1.165) is 18.7 Å². The van der Waals surface area contributed by atoms with Crippen LogP contribution in [0.4, 0.5) is 11.4 Å². The van der Waals surface area contributed by atoms with Crippen LogP contribution in [0.3, 0.4) is 0 Å². The van der Waals surface area contributed by atoms with E-state index < -0.39 is 0 Å². The summed E-state index contributed by atoms with van der Waals surface area (Å²) in [6, 6.07) is 14.8. The SMILES string of the molecule is CN(C)CCc1ccc(NC(=O)c2cccc(NC(=O)CCn3ccnc3)c2)cc1. The van der Waals surface area contributed by atoms with Gasteiger partial charge in [-0.15, -0.1) is 0 Å². The van der Waals surface area contributed by atoms with Gasteiger partial charge >= 0.3 is 0 Å². The van der Waals surface area contributed by atoms with Gasteiger partial charge in [-0.2, -0.15) is 0 Å². The summed E-state index contributed by atoms with van der Waals surface area (Å²) in [5, 5.41) is 5.74. The number of carbonyl (C=O) groups is 2. The zero-order valence-corrected chi connectivity index (χ0v) is 17.3. The molecule has 0 spiro atoms. The highest BCUT2D eigenvalue weighted by Crippen LogP contribution is 2.15. The molecular formula is C23H27N5O2. The Morgan fingerprint density at radius 3 is 2.53 bits per heavy atom. The molecule has 3 rings (SSSR count). The monoisotopic (exact) mass is 405 g/mol. The molecule has 30 heavy (non-hydrogen) atoms. The topological polar surface area (TPSA) is 79.3 Å². The van der Waals surface area contributed by atoms with Crippen molar-refractivity contribution in [1.82, 2.24) is 14.5 Å². The molecule has 1 heterocycles. The summed E-state index contributed by atoms with van der Waals surface area (Å²) >= 11 is 0. The minimum Gasteiger partial charge on any atom is -0.337 e. The molecule has 156 valence electrons. The number of rotatable bonds is 9. The van der Waals surface area contributed by atoms with Gasteiger partial charge in [-0.25, -0.2) is 4.98 Å². The third kappa shape index (κ3) is 6.56. The highest BCUT2D eigenvalue weighted by Gasteiger charge is 2.09. The number of hydrogen-bond acceptors (Lipinski definition) is 4. The molecule has 0 aliphatic carbocycles. The van der Waals surface area contributed by atoms with Crippen molar-refractivity contribution in [3.8, 4) is 0 Å². The van der Waals surface area contributed by atoms with Crippen molar-refractivity contribution in [3.05, 3.63) is 78.4 Å². The van der Waals surface area contributed by atoms with Crippen LogP contribution in [0.2, 0.25) is 0 Å². The summed E-state index contributed by atoms with van der Waals surface area (Å²) < 4.78 is 1.84. The Labute approximate surface area is 176 Å². The fraction of sp³-hybridized carbons (Fsp3) is 0.261. The molecule has 0 aliphatic rings. The molecule has 0 aliphatic heterocycles. The van der Waals surface area contributed by atoms with Gasteiger partial charge in [0.2, 0.25) is 5.91 Å². The van der Waals surface area contributed by atoms with E-state index >= 15 is 0 Å². The van der Waals surface area contributed by atoms with E-state index in [1.54, 1.807) is 36.8 Å². The summed E-state index contributed by atoms with van der Waals surface area (Å²) in [6.07, 6.45) is 6.45. The standard InChI is InChI=1S/C23H27N5O2/c1-27(2)13-10-18-6-8-20(9-7-18)26-23(30)19-4-3-5-21(16-19)25-22(29)11-14-28-15-12-24-17-28/h3-9,12,15-17H,10-11,13-14H2,1-2H3,(H,25,29)(H,26,30). The highest BCUT2D eigenvalue weighted by molar-refractivity contribution is 6.05. The average Bonchev–Trinajstić information content (AvgIpc) is 3.25. The molecule has 0 fully saturated rings. The lowest BCUT2D eigenvalue weighted by Crippen LogP contribution is -2.16. The predicted molar refractivity (Wildman–Crippen MR) is 119 cm³/mol. The Kier molecular flexibility index (Phi) is 7.34. The molecule has 0 saturated carbocycles. The molecule has 3 aromatic rings. The molecule has 0 atom stereocenters. The largest absolute Gasteiger partial charge is 0.337 e. The van der Waals surface area contributed by atoms with Crippen LogP contribution in [-0.2, 0) is 17.8 Å². The fourth-order valence-electron chi connectivity index (χ4n) is 2.92. The van der Waals surface area contributed by atoms with Gasteiger partial charge in [0.15, 0.2) is 0 Å². The third-order valence-corrected chi connectivity index (χ3v) is 4.62. The van der Waals surface area contributed by atoms with Gasteiger partial charge in [0.1, 0.15) is 0 Å². The lowest BCUT2D eigenvalue weighted by molar-refractivity contribution is -0.116. The van der Waals surface area contributed by atoms with Crippen molar-refractivity contribution in [3.63, 3.8) is 0 Å². The molecule has 2 N–H and O–H groups in total. The van der Waals surface area contributed by atoms with Crippen molar-refractivity contribution >= 4 is 23.2 Å². The van der Waals surface area contributed by atoms with E-state index in [9.17, 15) is 9.59 Å². The van der Waals surface area contributed by atoms with Gasteiger partial charge in [-0.1, -0.05) is 18.2 Å². The first kappa shape index (κ1) is 21.3. The first-order chi connectivity index (χ1) is 14.5. The number of benzene rings is 2. The van der Waals surface area contributed by atoms with E-state index in [2.05, 4.69) is 20.5 Å². The maximum atomic E-state index is 12.6. The van der Waals surface area contributed by atoms with Crippen LogP contribution in [0.5, 0.6) is 0 Å². The molecule has 7 heteroatoms. The van der Waals surface area contributed by atoms with Gasteiger partial charge in [-0.05, 0) is 56.4 Å². The maximum absolute atomic E-state index is 12.6. The van der Waals surface area contributed by atoms with Crippen LogP contribution in [0, 0.1) is 0 Å². The van der Waals surface area contributed by atoms with Crippen molar-refractivity contribution in [2.75, 3.05) is 31.3 Å². The number of nitrogens with zero attached hydrogens (tertiary/aromatic N) is 3. The number of likely N-dealkylation sites (N-methyl/N-ethyl adjacent to an activating group) is 1. The quantitative estimate of drug-likeness (QED) is 0.573. The smallest absolute Gasteiger partial charge is 0.255 e. The zero-order chi connectivity index (χ0) is 21.3. The maximum Gasteiger partial charge on any atom is 0.255 e. The number of aromatic nitrogens is 2. The summed E-state index contributed by atoms with van der Waals surface area (Å²) in [5.41, 5.74) is 3.04. The van der Waals surface area contributed by atoms with Gasteiger partial charge in [0.25, 0.3) is 5.91 Å². The molecule has 1 aromatic heterocycles. The van der Waals surface area contributed by atoms with E-state index in [1.807, 2.05) is 49.1 Å². The van der Waals surface area contributed by atoms with Crippen LogP contribution < -0.4 is 10.6 Å². The lowest BCUT2D eigenvalue weighted by Gasteiger charge is -2.11. The molecule has 2 amide bonds. The van der Waals surface area contributed by atoms with Crippen molar-refractivity contribution in [1.29, 1.82) is 0 Å². The van der Waals surface area contributed by atoms with Crippen LogP contribution in [0.25, 0.3) is 0 Å². The predicted octanol–water partition coefficient (Wildman–Crippen LogP) is 3.27. The number of amides is 2. The van der Waals surface area contributed by atoms with E-state index in [4.69, 9.17) is 0 Å². The molecule has 0 bridgehead atoms. The Morgan fingerprint density at radius 1 is 1.03 bits per heavy atom. The Bertz CT molecular complexity index is 966. The van der Waals surface area contributed by atoms with Crippen LogP contribution in [0.1, 0.15) is 22.3 Å². The molecule has 7 nitrogen and oxygen atoms in total. The molecule has 2 aromatic carbocycles. The molecule has 0 unspecified atom stereocenters. The summed E-state index contributed by atoms with van der Waals surface area (Å²) in [4.78, 5) is 30.8. The first-order valence-corrected chi connectivity index (χ1v) is 9.90. The summed E-state index contributed by atoms with van der Waals surface area (Å²) in [6.45, 7) is 1.53. The number of carbonyl (C=O) groups excluding carboxylic acids is 2. The second kappa shape index (κ2) is 10.4. The van der Waals surface area contributed by atoms with Crippen molar-refractivity contribution in [2.45, 2.75) is 19.4 Å². The zero-order valence-electron chi connectivity index (χ0n) is 17.3. The number of aryl methyl sites for hydroxylation is 1. The van der Waals surface area contributed by atoms with Gasteiger partial charge in [0.05, 0.1) is 6.33 Å². The molecule has 0 saturated heterocycles. The number of imidazole rings is 1. The Morgan fingerprint density at radius 2 is 1.83 bits per heavy atom. The van der Waals surface area contributed by atoms with E-state index in [-0.39, 0.29) is 11.8 Å². The van der Waals surface area contributed by atoms with Crippen LogP contribution in [-0.4, -0.2) is 46.9 Å². The number of nitrogens with one attached hydrogen (secondary N) is 2. The third-order valence-electron chi connectivity index (χ3n) is 4.62. The molecule has 0 radical (unpaired) electrons. The van der Waals surface area contributed by atoms with Crippen molar-refractivity contribution < 1.29 is 9.59 Å². The lowest BCUT2D eigenvalue weighted by atomic mass is 10.1. The number of hydrogen-bond donors (Lipinski definition) is 2. The van der Waals surface area contributed by atoms with E-state index in [1.165, 1.54) is 5.56 Å². The van der Waals surface area contributed by atoms with Crippen LogP contribution >= 0.6 is 0 Å². The van der Waals surface area contributed by atoms with Gasteiger partial charge in [0, 0.05) is 48.8 Å². The highest BCUT2D eigenvalue weighted by atomic mass is 16.2. The average molecular weight is 406 g/mol. The summed E-state index contributed by atoms with van der Waals surface area (Å²) in [5.74, 6) is -0.333. The Hall–Kier alpha value is -3.45. The Balaban J connectivity index is 1.54. The van der Waals surface area contributed by atoms with E-state index in [0.29, 0.717) is 24.2 Å². The normalized spacial score (nSPS) is 10.8. The summed E-state index contributed by atoms with van der Waals surface area (Å²) in [7, 11) is 4.09. The van der Waals surface area contributed by atoms with Crippen LogP contribution in [0.15, 0.2) is 67.3 Å². The second-order valence-corrected chi connectivity index (χ2v) is 7.38.